The van der Waals surface area contributed by atoms with Gasteiger partial charge < -0.3 is 10.1 Å². The summed E-state index contributed by atoms with van der Waals surface area (Å²) in [6.07, 6.45) is 4.80. The molecule has 0 amide bonds. The van der Waals surface area contributed by atoms with Crippen LogP contribution in [0, 0.1) is 11.6 Å². The first kappa shape index (κ1) is 15.8. The molecule has 0 radical (unpaired) electrons. The summed E-state index contributed by atoms with van der Waals surface area (Å²) < 4.78 is 32.6. The van der Waals surface area contributed by atoms with Gasteiger partial charge in [0.05, 0.1) is 0 Å². The molecule has 1 heterocycles. The van der Waals surface area contributed by atoms with Gasteiger partial charge in [-0.1, -0.05) is 36.4 Å². The van der Waals surface area contributed by atoms with E-state index in [4.69, 9.17) is 4.74 Å². The van der Waals surface area contributed by atoms with E-state index in [-0.39, 0.29) is 17.7 Å². The molecule has 2 nitrogen and oxygen atoms in total. The summed E-state index contributed by atoms with van der Waals surface area (Å²) in [4.78, 5) is 0. The van der Waals surface area contributed by atoms with Crippen molar-refractivity contribution in [2.24, 2.45) is 0 Å². The first-order valence-electron chi connectivity index (χ1n) is 7.61. The molecule has 1 aliphatic rings. The lowest BCUT2D eigenvalue weighted by Gasteiger charge is -2.35. The number of hydrogen-bond acceptors (Lipinski definition) is 2. The van der Waals surface area contributed by atoms with Crippen LogP contribution in [0.5, 0.6) is 0 Å². The molecule has 0 aliphatic carbocycles. The normalized spacial score (nSPS) is 17.6. The van der Waals surface area contributed by atoms with Crippen molar-refractivity contribution in [3.63, 3.8) is 0 Å². The van der Waals surface area contributed by atoms with Crippen LogP contribution >= 0.6 is 0 Å². The molecule has 0 spiro atoms. The molecular weight excluding hydrogens is 296 g/mol. The topological polar surface area (TPSA) is 21.3 Å². The van der Waals surface area contributed by atoms with Crippen molar-refractivity contribution in [2.75, 3.05) is 13.7 Å². The molecule has 1 N–H and O–H groups in total. The minimum Gasteiger partial charge on any atom is -0.369 e. The molecule has 4 heteroatoms. The van der Waals surface area contributed by atoms with Gasteiger partial charge in [0.15, 0.2) is 0 Å². The van der Waals surface area contributed by atoms with Crippen LogP contribution in [-0.2, 0) is 10.3 Å². The molecule has 1 aliphatic heterocycles. The van der Waals surface area contributed by atoms with Crippen molar-refractivity contribution in [3.05, 3.63) is 83.4 Å². The molecule has 1 atom stereocenters. The fourth-order valence-corrected chi connectivity index (χ4v) is 3.13. The predicted octanol–water partition coefficient (Wildman–Crippen LogP) is 3.77. The number of rotatable bonds is 5. The first-order chi connectivity index (χ1) is 11.1. The van der Waals surface area contributed by atoms with Gasteiger partial charge in [-0.2, -0.15) is 0 Å². The third-order valence-electron chi connectivity index (χ3n) is 4.34. The highest BCUT2D eigenvalue weighted by Crippen LogP contribution is 2.38. The zero-order chi connectivity index (χ0) is 16.3. The number of hydrogen-bond donors (Lipinski definition) is 1. The summed E-state index contributed by atoms with van der Waals surface area (Å²) in [6, 6.07) is 12.7. The zero-order valence-electron chi connectivity index (χ0n) is 12.9. The van der Waals surface area contributed by atoms with Gasteiger partial charge in [-0.15, -0.1) is 0 Å². The molecule has 1 unspecified atom stereocenters. The summed E-state index contributed by atoms with van der Waals surface area (Å²) in [5, 5.41) is 3.37. The standard InChI is InChI=1S/C19H19F2NO/c1-23-19(13-18-3-2-12-22-18,14-4-8-16(20)9-5-14)15-6-10-17(21)11-7-15/h2-11,18,22H,12-13H2,1H3. The maximum absolute atomic E-state index is 13.3. The second kappa shape index (κ2) is 6.60. The average molecular weight is 315 g/mol. The van der Waals surface area contributed by atoms with Crippen LogP contribution in [0.3, 0.4) is 0 Å². The monoisotopic (exact) mass is 315 g/mol. The number of methoxy groups -OCH3 is 1. The molecule has 0 saturated heterocycles. The van der Waals surface area contributed by atoms with Gasteiger partial charge in [0.25, 0.3) is 0 Å². The van der Waals surface area contributed by atoms with Gasteiger partial charge in [-0.25, -0.2) is 8.78 Å². The Balaban J connectivity index is 2.07. The van der Waals surface area contributed by atoms with Crippen LogP contribution < -0.4 is 5.32 Å². The fraction of sp³-hybridized carbons (Fsp3) is 0.263. The number of halogens is 2. The highest BCUT2D eigenvalue weighted by atomic mass is 19.1. The molecule has 3 rings (SSSR count). The molecule has 0 aromatic heterocycles. The minimum atomic E-state index is -0.770. The quantitative estimate of drug-likeness (QED) is 0.848. The molecule has 120 valence electrons. The number of benzene rings is 2. The van der Waals surface area contributed by atoms with Crippen molar-refractivity contribution in [3.8, 4) is 0 Å². The lowest BCUT2D eigenvalue weighted by Crippen LogP contribution is -2.37. The van der Waals surface area contributed by atoms with Crippen molar-refractivity contribution in [1.29, 1.82) is 0 Å². The molecule has 0 bridgehead atoms. The second-order valence-corrected chi connectivity index (χ2v) is 5.69. The fourth-order valence-electron chi connectivity index (χ4n) is 3.13. The van der Waals surface area contributed by atoms with E-state index >= 15 is 0 Å². The summed E-state index contributed by atoms with van der Waals surface area (Å²) in [5.74, 6) is -0.589. The average Bonchev–Trinajstić information content (AvgIpc) is 3.07. The van der Waals surface area contributed by atoms with Crippen LogP contribution in [0.1, 0.15) is 17.5 Å². The van der Waals surface area contributed by atoms with Crippen molar-refractivity contribution in [1.82, 2.24) is 5.32 Å². The van der Waals surface area contributed by atoms with E-state index in [1.165, 1.54) is 24.3 Å². The van der Waals surface area contributed by atoms with E-state index < -0.39 is 5.60 Å². The maximum atomic E-state index is 13.3. The Morgan fingerprint density at radius 1 is 1.00 bits per heavy atom. The van der Waals surface area contributed by atoms with Crippen LogP contribution in [0.4, 0.5) is 8.78 Å². The van der Waals surface area contributed by atoms with Gasteiger partial charge in [-0.3, -0.25) is 0 Å². The van der Waals surface area contributed by atoms with E-state index in [0.717, 1.165) is 17.7 Å². The van der Waals surface area contributed by atoms with Gasteiger partial charge in [0.2, 0.25) is 0 Å². The third-order valence-corrected chi connectivity index (χ3v) is 4.34. The summed E-state index contributed by atoms with van der Waals surface area (Å²) in [7, 11) is 1.63. The molecule has 0 saturated carbocycles. The zero-order valence-corrected chi connectivity index (χ0v) is 12.9. The summed E-state index contributed by atoms with van der Waals surface area (Å²) in [6.45, 7) is 0.817. The number of ether oxygens (including phenoxy) is 1. The van der Waals surface area contributed by atoms with Crippen molar-refractivity contribution >= 4 is 0 Å². The Morgan fingerprint density at radius 2 is 1.52 bits per heavy atom. The van der Waals surface area contributed by atoms with Crippen LogP contribution in [0.15, 0.2) is 60.7 Å². The summed E-state index contributed by atoms with van der Waals surface area (Å²) in [5.41, 5.74) is 0.915. The lowest BCUT2D eigenvalue weighted by molar-refractivity contribution is 0.0102. The van der Waals surface area contributed by atoms with E-state index in [1.807, 2.05) is 0 Å². The van der Waals surface area contributed by atoms with Gasteiger partial charge in [0.1, 0.15) is 17.2 Å². The first-order valence-corrected chi connectivity index (χ1v) is 7.61. The molecule has 0 fully saturated rings. The van der Waals surface area contributed by atoms with E-state index in [2.05, 4.69) is 17.5 Å². The van der Waals surface area contributed by atoms with Crippen LogP contribution in [-0.4, -0.2) is 19.7 Å². The van der Waals surface area contributed by atoms with E-state index in [1.54, 1.807) is 31.4 Å². The molecule has 23 heavy (non-hydrogen) atoms. The Hall–Kier alpha value is -2.04. The van der Waals surface area contributed by atoms with E-state index in [0.29, 0.717) is 6.42 Å². The maximum Gasteiger partial charge on any atom is 0.123 e. The Kier molecular flexibility index (Phi) is 4.55. The van der Waals surface area contributed by atoms with Gasteiger partial charge in [0, 0.05) is 26.1 Å². The van der Waals surface area contributed by atoms with Crippen LogP contribution in [0.2, 0.25) is 0 Å². The van der Waals surface area contributed by atoms with Gasteiger partial charge >= 0.3 is 0 Å². The molecule has 2 aromatic carbocycles. The largest absolute Gasteiger partial charge is 0.369 e. The van der Waals surface area contributed by atoms with E-state index in [9.17, 15) is 8.78 Å². The Labute approximate surface area is 134 Å². The SMILES string of the molecule is COC(CC1C=CCN1)(c1ccc(F)cc1)c1ccc(F)cc1. The smallest absolute Gasteiger partial charge is 0.123 e. The highest BCUT2D eigenvalue weighted by molar-refractivity contribution is 5.37. The second-order valence-electron chi connectivity index (χ2n) is 5.69. The van der Waals surface area contributed by atoms with Crippen molar-refractivity contribution < 1.29 is 13.5 Å². The van der Waals surface area contributed by atoms with Crippen molar-refractivity contribution in [2.45, 2.75) is 18.1 Å². The Morgan fingerprint density at radius 3 is 1.91 bits per heavy atom. The summed E-state index contributed by atoms with van der Waals surface area (Å²) >= 11 is 0. The molecular formula is C19H19F2NO. The Bertz CT molecular complexity index is 634. The third kappa shape index (κ3) is 3.19. The predicted molar refractivity (Wildman–Crippen MR) is 86.1 cm³/mol. The van der Waals surface area contributed by atoms with Gasteiger partial charge in [-0.05, 0) is 35.4 Å². The minimum absolute atomic E-state index is 0.144. The highest BCUT2D eigenvalue weighted by Gasteiger charge is 2.37. The lowest BCUT2D eigenvalue weighted by atomic mass is 9.81. The molecule has 2 aromatic rings. The van der Waals surface area contributed by atoms with Crippen LogP contribution in [0.25, 0.3) is 0 Å². The number of nitrogens with one attached hydrogen (secondary N) is 1.